The fourth-order valence-electron chi connectivity index (χ4n) is 2.46. The molecule has 0 aliphatic rings. The molecule has 0 aliphatic carbocycles. The molecule has 0 bridgehead atoms. The van der Waals surface area contributed by atoms with Gasteiger partial charge in [0.1, 0.15) is 12.4 Å². The van der Waals surface area contributed by atoms with Gasteiger partial charge in [0.2, 0.25) is 0 Å². The highest BCUT2D eigenvalue weighted by Crippen LogP contribution is 2.27. The molecule has 2 aromatic carbocycles. The Morgan fingerprint density at radius 2 is 1.75 bits per heavy atom. The number of nitrogens with zero attached hydrogens (tertiary/aromatic N) is 1. The van der Waals surface area contributed by atoms with Crippen LogP contribution in [0.25, 0.3) is 0 Å². The summed E-state index contributed by atoms with van der Waals surface area (Å²) >= 11 is 0. The van der Waals surface area contributed by atoms with Crippen LogP contribution in [-0.4, -0.2) is 32.9 Å². The third-order valence-corrected chi connectivity index (χ3v) is 3.63. The Morgan fingerprint density at radius 1 is 1.00 bits per heavy atom. The maximum atomic E-state index is 5.95. The van der Waals surface area contributed by atoms with Gasteiger partial charge in [-0.2, -0.15) is 0 Å². The van der Waals surface area contributed by atoms with Gasteiger partial charge in [0, 0.05) is 18.3 Å². The summed E-state index contributed by atoms with van der Waals surface area (Å²) in [5, 5.41) is 0. The molecule has 0 amide bonds. The van der Waals surface area contributed by atoms with Crippen molar-refractivity contribution >= 4 is 5.69 Å². The summed E-state index contributed by atoms with van der Waals surface area (Å²) in [4.78, 5) is 2.26. The average molecular weight is 329 g/mol. The summed E-state index contributed by atoms with van der Waals surface area (Å²) in [6, 6.07) is 15.9. The third-order valence-electron chi connectivity index (χ3n) is 3.63. The van der Waals surface area contributed by atoms with Crippen LogP contribution in [0.15, 0.2) is 48.5 Å². The van der Waals surface area contributed by atoms with Gasteiger partial charge in [-0.05, 0) is 45.0 Å². The number of likely N-dealkylation sites (N-methyl/N-ethyl adjacent to an activating group) is 1. The first-order valence-corrected chi connectivity index (χ1v) is 8.41. The Kier molecular flexibility index (Phi) is 6.79. The number of benzene rings is 2. The SMILES string of the molecule is CCN(CCOc1ccccc1OC(C)C)c1cccc(OC)c1. The molecule has 4 nitrogen and oxygen atoms in total. The largest absolute Gasteiger partial charge is 0.497 e. The smallest absolute Gasteiger partial charge is 0.161 e. The van der Waals surface area contributed by atoms with Crippen molar-refractivity contribution in [1.82, 2.24) is 0 Å². The van der Waals surface area contributed by atoms with Gasteiger partial charge in [-0.3, -0.25) is 0 Å². The van der Waals surface area contributed by atoms with Gasteiger partial charge in [-0.15, -0.1) is 0 Å². The maximum Gasteiger partial charge on any atom is 0.161 e. The normalized spacial score (nSPS) is 10.5. The van der Waals surface area contributed by atoms with Crippen molar-refractivity contribution in [1.29, 1.82) is 0 Å². The van der Waals surface area contributed by atoms with Crippen LogP contribution in [0.4, 0.5) is 5.69 Å². The highest BCUT2D eigenvalue weighted by atomic mass is 16.5. The van der Waals surface area contributed by atoms with E-state index in [1.807, 2.05) is 56.3 Å². The minimum atomic E-state index is 0.124. The van der Waals surface area contributed by atoms with Crippen LogP contribution in [0.3, 0.4) is 0 Å². The van der Waals surface area contributed by atoms with Gasteiger partial charge in [0.25, 0.3) is 0 Å². The van der Waals surface area contributed by atoms with Gasteiger partial charge in [0.05, 0.1) is 19.8 Å². The number of hydrogen-bond acceptors (Lipinski definition) is 4. The molecule has 0 heterocycles. The van der Waals surface area contributed by atoms with Gasteiger partial charge in [-0.25, -0.2) is 0 Å². The first-order chi connectivity index (χ1) is 11.6. The summed E-state index contributed by atoms with van der Waals surface area (Å²) in [6.45, 7) is 8.44. The second-order valence-electron chi connectivity index (χ2n) is 5.74. The molecule has 0 saturated carbocycles. The van der Waals surface area contributed by atoms with Crippen molar-refractivity contribution in [2.45, 2.75) is 26.9 Å². The summed E-state index contributed by atoms with van der Waals surface area (Å²) < 4.78 is 17.0. The van der Waals surface area contributed by atoms with Gasteiger partial charge < -0.3 is 19.1 Å². The van der Waals surface area contributed by atoms with Gasteiger partial charge in [0.15, 0.2) is 11.5 Å². The van der Waals surface area contributed by atoms with E-state index in [-0.39, 0.29) is 6.10 Å². The van der Waals surface area contributed by atoms with Gasteiger partial charge in [-0.1, -0.05) is 18.2 Å². The van der Waals surface area contributed by atoms with Crippen molar-refractivity contribution in [3.8, 4) is 17.2 Å². The second-order valence-corrected chi connectivity index (χ2v) is 5.74. The van der Waals surface area contributed by atoms with Crippen molar-refractivity contribution in [2.75, 3.05) is 31.7 Å². The van der Waals surface area contributed by atoms with Crippen molar-refractivity contribution in [2.24, 2.45) is 0 Å². The Labute approximate surface area is 145 Å². The fraction of sp³-hybridized carbons (Fsp3) is 0.400. The molecule has 0 unspecified atom stereocenters. The molecular weight excluding hydrogens is 302 g/mol. The predicted molar refractivity (Wildman–Crippen MR) is 98.6 cm³/mol. The zero-order valence-electron chi connectivity index (χ0n) is 15.0. The number of hydrogen-bond donors (Lipinski definition) is 0. The van der Waals surface area contributed by atoms with E-state index >= 15 is 0 Å². The number of ether oxygens (including phenoxy) is 3. The predicted octanol–water partition coefficient (Wildman–Crippen LogP) is 4.39. The molecule has 0 aliphatic heterocycles. The topological polar surface area (TPSA) is 30.9 Å². The zero-order valence-corrected chi connectivity index (χ0v) is 15.0. The first-order valence-electron chi connectivity index (χ1n) is 8.41. The van der Waals surface area contributed by atoms with Gasteiger partial charge >= 0.3 is 0 Å². The van der Waals surface area contributed by atoms with E-state index in [9.17, 15) is 0 Å². The lowest BCUT2D eigenvalue weighted by atomic mass is 10.2. The lowest BCUT2D eigenvalue weighted by molar-refractivity contribution is 0.222. The monoisotopic (exact) mass is 329 g/mol. The average Bonchev–Trinajstić information content (AvgIpc) is 2.59. The number of methoxy groups -OCH3 is 1. The zero-order chi connectivity index (χ0) is 17.4. The Bertz CT molecular complexity index is 628. The summed E-state index contributed by atoms with van der Waals surface area (Å²) in [5.41, 5.74) is 1.13. The Balaban J connectivity index is 1.97. The van der Waals surface area contributed by atoms with Crippen molar-refractivity contribution < 1.29 is 14.2 Å². The first kappa shape index (κ1) is 18.0. The van der Waals surface area contributed by atoms with E-state index in [0.29, 0.717) is 6.61 Å². The van der Waals surface area contributed by atoms with Crippen LogP contribution in [0, 0.1) is 0 Å². The maximum absolute atomic E-state index is 5.95. The van der Waals surface area contributed by atoms with Crippen LogP contribution in [-0.2, 0) is 0 Å². The molecule has 2 aromatic rings. The third kappa shape index (κ3) is 5.08. The van der Waals surface area contributed by atoms with Crippen LogP contribution < -0.4 is 19.1 Å². The molecule has 4 heteroatoms. The highest BCUT2D eigenvalue weighted by molar-refractivity contribution is 5.50. The van der Waals surface area contributed by atoms with Crippen molar-refractivity contribution in [3.63, 3.8) is 0 Å². The molecule has 0 radical (unpaired) electrons. The molecule has 0 aromatic heterocycles. The lowest BCUT2D eigenvalue weighted by Gasteiger charge is -2.24. The van der Waals surface area contributed by atoms with E-state index in [2.05, 4.69) is 17.9 Å². The number of para-hydroxylation sites is 2. The molecule has 0 N–H and O–H groups in total. The summed E-state index contributed by atoms with van der Waals surface area (Å²) in [7, 11) is 1.68. The van der Waals surface area contributed by atoms with E-state index in [1.54, 1.807) is 7.11 Å². The number of anilines is 1. The molecule has 130 valence electrons. The minimum Gasteiger partial charge on any atom is -0.497 e. The van der Waals surface area contributed by atoms with Crippen LogP contribution in [0.1, 0.15) is 20.8 Å². The fourth-order valence-corrected chi connectivity index (χ4v) is 2.46. The van der Waals surface area contributed by atoms with E-state index in [0.717, 1.165) is 36.0 Å². The van der Waals surface area contributed by atoms with E-state index in [1.165, 1.54) is 0 Å². The van der Waals surface area contributed by atoms with Crippen LogP contribution >= 0.6 is 0 Å². The molecule has 24 heavy (non-hydrogen) atoms. The van der Waals surface area contributed by atoms with E-state index < -0.39 is 0 Å². The molecule has 0 atom stereocenters. The number of rotatable bonds is 9. The summed E-state index contributed by atoms with van der Waals surface area (Å²) in [6.07, 6.45) is 0.124. The van der Waals surface area contributed by atoms with Crippen molar-refractivity contribution in [3.05, 3.63) is 48.5 Å². The standard InChI is InChI=1S/C20H27NO3/c1-5-21(17-9-8-10-18(15-17)22-4)13-14-23-19-11-6-7-12-20(19)24-16(2)3/h6-12,15-16H,5,13-14H2,1-4H3. The quantitative estimate of drug-likeness (QED) is 0.683. The molecule has 0 spiro atoms. The Hall–Kier alpha value is -2.36. The second kappa shape index (κ2) is 9.06. The molecule has 0 saturated heterocycles. The highest BCUT2D eigenvalue weighted by Gasteiger charge is 2.09. The minimum absolute atomic E-state index is 0.124. The molecule has 2 rings (SSSR count). The van der Waals surface area contributed by atoms with Crippen LogP contribution in [0.5, 0.6) is 17.2 Å². The Morgan fingerprint density at radius 3 is 2.42 bits per heavy atom. The van der Waals surface area contributed by atoms with E-state index in [4.69, 9.17) is 14.2 Å². The molecular formula is C20H27NO3. The van der Waals surface area contributed by atoms with Crippen LogP contribution in [0.2, 0.25) is 0 Å². The lowest BCUT2D eigenvalue weighted by Crippen LogP contribution is -2.28. The molecule has 0 fully saturated rings. The summed E-state index contributed by atoms with van der Waals surface area (Å²) in [5.74, 6) is 2.44.